The molecular weight excluding hydrogens is 264 g/mol. The van der Waals surface area contributed by atoms with Gasteiger partial charge in [-0.3, -0.25) is 0 Å². The van der Waals surface area contributed by atoms with Crippen LogP contribution in [0.25, 0.3) is 0 Å². The van der Waals surface area contributed by atoms with E-state index in [4.69, 9.17) is 10.3 Å². The molecule has 0 aromatic carbocycles. The molecule has 21 heavy (non-hydrogen) atoms. The number of hydrogen-bond donors (Lipinski definition) is 1. The number of nitrogens with zero attached hydrogens (tertiary/aromatic N) is 3. The summed E-state index contributed by atoms with van der Waals surface area (Å²) < 4.78 is 5.43. The van der Waals surface area contributed by atoms with Crippen molar-refractivity contribution in [2.75, 3.05) is 24.5 Å². The van der Waals surface area contributed by atoms with Crippen LogP contribution < -0.4 is 10.6 Å². The standard InChI is InChI=1S/C16H30N4O/c1-13(2)14(9-10-17)7-8-15-18-16(19-21-15)20-11-5-3-4-6-12-20/h13-14H,3-12,17H2,1-2H3. The molecule has 0 saturated carbocycles. The van der Waals surface area contributed by atoms with Crippen LogP contribution in [0.15, 0.2) is 4.52 Å². The molecule has 5 nitrogen and oxygen atoms in total. The molecule has 1 aliphatic rings. The van der Waals surface area contributed by atoms with E-state index in [1.54, 1.807) is 0 Å². The SMILES string of the molecule is CC(C)C(CCN)CCc1nc(N2CCCCCC2)no1. The number of anilines is 1. The van der Waals surface area contributed by atoms with Gasteiger partial charge in [0.15, 0.2) is 0 Å². The van der Waals surface area contributed by atoms with Crippen LogP contribution in [0.5, 0.6) is 0 Å². The Morgan fingerprint density at radius 2 is 1.86 bits per heavy atom. The van der Waals surface area contributed by atoms with E-state index in [1.807, 2.05) is 0 Å². The summed E-state index contributed by atoms with van der Waals surface area (Å²) in [5.74, 6) is 2.86. The normalized spacial score (nSPS) is 18.0. The summed E-state index contributed by atoms with van der Waals surface area (Å²) >= 11 is 0. The molecule has 1 atom stereocenters. The zero-order chi connectivity index (χ0) is 15.1. The van der Waals surface area contributed by atoms with E-state index in [-0.39, 0.29) is 0 Å². The number of hydrogen-bond acceptors (Lipinski definition) is 5. The van der Waals surface area contributed by atoms with Crippen molar-refractivity contribution in [3.8, 4) is 0 Å². The van der Waals surface area contributed by atoms with Crippen molar-refractivity contribution in [2.45, 2.75) is 58.8 Å². The summed E-state index contributed by atoms with van der Waals surface area (Å²) in [7, 11) is 0. The lowest BCUT2D eigenvalue weighted by Gasteiger charge is -2.19. The van der Waals surface area contributed by atoms with Crippen LogP contribution in [0.4, 0.5) is 5.95 Å². The van der Waals surface area contributed by atoms with Gasteiger partial charge in [0.2, 0.25) is 5.89 Å². The van der Waals surface area contributed by atoms with E-state index in [0.29, 0.717) is 11.8 Å². The molecule has 2 heterocycles. The van der Waals surface area contributed by atoms with Crippen molar-refractivity contribution in [2.24, 2.45) is 17.6 Å². The van der Waals surface area contributed by atoms with Crippen LogP contribution in [0.3, 0.4) is 0 Å². The molecule has 1 fully saturated rings. The van der Waals surface area contributed by atoms with Crippen molar-refractivity contribution in [1.29, 1.82) is 0 Å². The first kappa shape index (κ1) is 16.3. The summed E-state index contributed by atoms with van der Waals surface area (Å²) in [4.78, 5) is 6.85. The molecule has 0 bridgehead atoms. The highest BCUT2D eigenvalue weighted by atomic mass is 16.5. The lowest BCUT2D eigenvalue weighted by molar-refractivity contribution is 0.313. The summed E-state index contributed by atoms with van der Waals surface area (Å²) in [5, 5.41) is 4.17. The van der Waals surface area contributed by atoms with E-state index in [1.165, 1.54) is 25.7 Å². The van der Waals surface area contributed by atoms with Crippen molar-refractivity contribution < 1.29 is 4.52 Å². The second-order valence-electron chi connectivity index (χ2n) is 6.51. The van der Waals surface area contributed by atoms with E-state index >= 15 is 0 Å². The maximum absolute atomic E-state index is 5.69. The molecule has 2 rings (SSSR count). The van der Waals surface area contributed by atoms with Gasteiger partial charge in [0.05, 0.1) is 0 Å². The maximum Gasteiger partial charge on any atom is 0.266 e. The average Bonchev–Trinajstić information content (AvgIpc) is 2.77. The molecule has 1 saturated heterocycles. The molecule has 1 aromatic heterocycles. The van der Waals surface area contributed by atoms with E-state index in [2.05, 4.69) is 28.9 Å². The van der Waals surface area contributed by atoms with Gasteiger partial charge in [-0.25, -0.2) is 0 Å². The largest absolute Gasteiger partial charge is 0.338 e. The predicted molar refractivity (Wildman–Crippen MR) is 85.3 cm³/mol. The highest BCUT2D eigenvalue weighted by Crippen LogP contribution is 2.22. The number of nitrogens with two attached hydrogens (primary N) is 1. The first-order chi connectivity index (χ1) is 10.2. The molecule has 0 spiro atoms. The van der Waals surface area contributed by atoms with Crippen molar-refractivity contribution in [1.82, 2.24) is 10.1 Å². The third-order valence-electron chi connectivity index (χ3n) is 4.56. The van der Waals surface area contributed by atoms with Crippen LogP contribution in [0, 0.1) is 11.8 Å². The summed E-state index contributed by atoms with van der Waals surface area (Å²) in [6.07, 6.45) is 8.11. The Hall–Kier alpha value is -1.10. The fourth-order valence-electron chi connectivity index (χ4n) is 3.08. The first-order valence-corrected chi connectivity index (χ1v) is 8.48. The van der Waals surface area contributed by atoms with Crippen LogP contribution in [-0.2, 0) is 6.42 Å². The second kappa shape index (κ2) is 8.37. The molecule has 0 amide bonds. The zero-order valence-electron chi connectivity index (χ0n) is 13.6. The quantitative estimate of drug-likeness (QED) is 0.837. The van der Waals surface area contributed by atoms with Crippen LogP contribution >= 0.6 is 0 Å². The molecule has 5 heteroatoms. The van der Waals surface area contributed by atoms with Gasteiger partial charge in [-0.2, -0.15) is 4.98 Å². The van der Waals surface area contributed by atoms with Gasteiger partial charge in [-0.15, -0.1) is 0 Å². The van der Waals surface area contributed by atoms with Gasteiger partial charge in [0.1, 0.15) is 0 Å². The maximum atomic E-state index is 5.69. The van der Waals surface area contributed by atoms with Crippen LogP contribution in [0.1, 0.15) is 58.3 Å². The molecular formula is C16H30N4O. The fourth-order valence-corrected chi connectivity index (χ4v) is 3.08. The molecule has 0 aliphatic carbocycles. The van der Waals surface area contributed by atoms with E-state index in [9.17, 15) is 0 Å². The zero-order valence-corrected chi connectivity index (χ0v) is 13.6. The predicted octanol–water partition coefficient (Wildman–Crippen LogP) is 3.00. The number of aromatic nitrogens is 2. The third-order valence-corrected chi connectivity index (χ3v) is 4.56. The minimum absolute atomic E-state index is 0.642. The van der Waals surface area contributed by atoms with Gasteiger partial charge < -0.3 is 15.2 Å². The van der Waals surface area contributed by atoms with E-state index < -0.39 is 0 Å². The monoisotopic (exact) mass is 294 g/mol. The summed E-state index contributed by atoms with van der Waals surface area (Å²) in [6.45, 7) is 7.39. The Morgan fingerprint density at radius 3 is 2.48 bits per heavy atom. The molecule has 1 aliphatic heterocycles. The Kier molecular flexibility index (Phi) is 6.49. The summed E-state index contributed by atoms with van der Waals surface area (Å²) in [5.41, 5.74) is 5.69. The first-order valence-electron chi connectivity index (χ1n) is 8.48. The fraction of sp³-hybridized carbons (Fsp3) is 0.875. The number of rotatable bonds is 7. The van der Waals surface area contributed by atoms with Gasteiger partial charge >= 0.3 is 0 Å². The molecule has 120 valence electrons. The lowest BCUT2D eigenvalue weighted by Crippen LogP contribution is -2.25. The van der Waals surface area contributed by atoms with Gasteiger partial charge in [-0.1, -0.05) is 26.7 Å². The topological polar surface area (TPSA) is 68.2 Å². The van der Waals surface area contributed by atoms with Gasteiger partial charge in [0.25, 0.3) is 5.95 Å². The molecule has 2 N–H and O–H groups in total. The molecule has 1 unspecified atom stereocenters. The average molecular weight is 294 g/mol. The Balaban J connectivity index is 1.87. The summed E-state index contributed by atoms with van der Waals surface area (Å²) in [6, 6.07) is 0. The number of aryl methyl sites for hydroxylation is 1. The molecule has 1 aromatic rings. The third kappa shape index (κ3) is 4.99. The minimum Gasteiger partial charge on any atom is -0.338 e. The minimum atomic E-state index is 0.642. The van der Waals surface area contributed by atoms with Gasteiger partial charge in [0, 0.05) is 19.5 Å². The van der Waals surface area contributed by atoms with Crippen molar-refractivity contribution >= 4 is 5.95 Å². The van der Waals surface area contributed by atoms with Crippen LogP contribution in [0.2, 0.25) is 0 Å². The van der Waals surface area contributed by atoms with Crippen molar-refractivity contribution in [3.05, 3.63) is 5.89 Å². The Bertz CT molecular complexity index is 397. The Morgan fingerprint density at radius 1 is 1.14 bits per heavy atom. The highest BCUT2D eigenvalue weighted by molar-refractivity contribution is 5.27. The molecule has 0 radical (unpaired) electrons. The smallest absolute Gasteiger partial charge is 0.266 e. The van der Waals surface area contributed by atoms with Gasteiger partial charge in [-0.05, 0) is 49.2 Å². The lowest BCUT2D eigenvalue weighted by atomic mass is 9.88. The van der Waals surface area contributed by atoms with Crippen LogP contribution in [-0.4, -0.2) is 29.8 Å². The van der Waals surface area contributed by atoms with E-state index in [0.717, 1.165) is 50.7 Å². The van der Waals surface area contributed by atoms with Crippen molar-refractivity contribution in [3.63, 3.8) is 0 Å². The Labute approximate surface area is 128 Å². The highest BCUT2D eigenvalue weighted by Gasteiger charge is 2.18. The second-order valence-corrected chi connectivity index (χ2v) is 6.51.